The number of carbonyl (C=O) groups is 2. The first-order chi connectivity index (χ1) is 10.6. The third kappa shape index (κ3) is 2.16. The molecule has 1 aromatic carbocycles. The van der Waals surface area contributed by atoms with Crippen molar-refractivity contribution < 1.29 is 19.1 Å². The Labute approximate surface area is 129 Å². The number of likely N-dealkylation sites (tertiary alicyclic amines) is 1. The van der Waals surface area contributed by atoms with Gasteiger partial charge in [-0.05, 0) is 31.0 Å². The summed E-state index contributed by atoms with van der Waals surface area (Å²) in [7, 11) is 1.58. The smallest absolute Gasteiger partial charge is 0.225 e. The van der Waals surface area contributed by atoms with Crippen molar-refractivity contribution in [2.75, 3.05) is 20.2 Å². The van der Waals surface area contributed by atoms with Gasteiger partial charge in [0.05, 0.1) is 25.6 Å². The summed E-state index contributed by atoms with van der Waals surface area (Å²) in [5.41, 5.74) is 0.0420. The summed E-state index contributed by atoms with van der Waals surface area (Å²) in [6, 6.07) is 5.32. The van der Waals surface area contributed by atoms with Crippen molar-refractivity contribution in [1.29, 1.82) is 0 Å². The first-order valence-corrected chi connectivity index (χ1v) is 7.79. The number of ether oxygens (including phenoxy) is 2. The van der Waals surface area contributed by atoms with Crippen LogP contribution in [0, 0.1) is 5.92 Å². The molecule has 5 nitrogen and oxygen atoms in total. The van der Waals surface area contributed by atoms with Gasteiger partial charge >= 0.3 is 0 Å². The summed E-state index contributed by atoms with van der Waals surface area (Å²) in [5.74, 6) is 1.78. The molecule has 1 spiro atoms. The molecule has 1 aliphatic carbocycles. The van der Waals surface area contributed by atoms with Crippen LogP contribution in [0.5, 0.6) is 11.5 Å². The summed E-state index contributed by atoms with van der Waals surface area (Å²) >= 11 is 0. The van der Waals surface area contributed by atoms with Crippen molar-refractivity contribution in [3.8, 4) is 11.5 Å². The number of fused-ring (bicyclic) bond motifs is 1. The molecule has 1 saturated heterocycles. The van der Waals surface area contributed by atoms with Crippen LogP contribution in [0.3, 0.4) is 0 Å². The van der Waals surface area contributed by atoms with Crippen molar-refractivity contribution in [2.45, 2.75) is 31.3 Å². The number of methoxy groups -OCH3 is 1. The van der Waals surface area contributed by atoms with Gasteiger partial charge in [0.15, 0.2) is 5.78 Å². The Morgan fingerprint density at radius 1 is 1.41 bits per heavy atom. The lowest BCUT2D eigenvalue weighted by Gasteiger charge is -2.34. The maximum atomic E-state index is 12.5. The third-order valence-corrected chi connectivity index (χ3v) is 4.85. The second-order valence-electron chi connectivity index (χ2n) is 6.53. The van der Waals surface area contributed by atoms with Crippen LogP contribution in [0.1, 0.15) is 36.0 Å². The predicted octanol–water partition coefficient (Wildman–Crippen LogP) is 2.04. The number of nitrogens with zero attached hydrogens (tertiary/aromatic N) is 1. The molecule has 1 saturated carbocycles. The van der Waals surface area contributed by atoms with Crippen molar-refractivity contribution in [2.24, 2.45) is 5.92 Å². The van der Waals surface area contributed by atoms with Crippen molar-refractivity contribution in [3.63, 3.8) is 0 Å². The summed E-state index contributed by atoms with van der Waals surface area (Å²) < 4.78 is 11.3. The second-order valence-corrected chi connectivity index (χ2v) is 6.53. The minimum Gasteiger partial charge on any atom is -0.497 e. The van der Waals surface area contributed by atoms with Crippen LogP contribution in [0.15, 0.2) is 18.2 Å². The Kier molecular flexibility index (Phi) is 2.93. The monoisotopic (exact) mass is 301 g/mol. The van der Waals surface area contributed by atoms with Gasteiger partial charge in [-0.15, -0.1) is 0 Å². The third-order valence-electron chi connectivity index (χ3n) is 4.85. The molecular weight excluding hydrogens is 282 g/mol. The molecule has 3 aliphatic rings. The van der Waals surface area contributed by atoms with Crippen LogP contribution in [-0.2, 0) is 4.79 Å². The quantitative estimate of drug-likeness (QED) is 0.839. The largest absolute Gasteiger partial charge is 0.497 e. The van der Waals surface area contributed by atoms with Gasteiger partial charge in [0.2, 0.25) is 5.91 Å². The molecule has 22 heavy (non-hydrogen) atoms. The van der Waals surface area contributed by atoms with Gasteiger partial charge in [-0.3, -0.25) is 9.59 Å². The molecular formula is C17H19NO4. The van der Waals surface area contributed by atoms with E-state index in [1.165, 1.54) is 0 Å². The van der Waals surface area contributed by atoms with E-state index in [4.69, 9.17) is 9.47 Å². The minimum atomic E-state index is -0.538. The molecule has 1 amide bonds. The standard InChI is InChI=1S/C17H19NO4/c1-21-12-4-5-15-13(8-12)14(19)9-17(22-15)6-7-18(10-17)16(20)11-2-3-11/h4-5,8,11H,2-3,6-7,9-10H2,1H3. The number of carbonyl (C=O) groups excluding carboxylic acids is 2. The highest BCUT2D eigenvalue weighted by Crippen LogP contribution is 2.41. The number of hydrogen-bond donors (Lipinski definition) is 0. The van der Waals surface area contributed by atoms with E-state index in [0.29, 0.717) is 36.6 Å². The highest BCUT2D eigenvalue weighted by molar-refractivity contribution is 6.01. The van der Waals surface area contributed by atoms with Gasteiger partial charge < -0.3 is 14.4 Å². The topological polar surface area (TPSA) is 55.8 Å². The summed E-state index contributed by atoms with van der Waals surface area (Å²) in [5, 5.41) is 0. The number of Topliss-reactive ketones (excluding diaryl/α,β-unsaturated/α-hetero) is 1. The van der Waals surface area contributed by atoms with Gasteiger partial charge in [-0.1, -0.05) is 0 Å². The van der Waals surface area contributed by atoms with Crippen LogP contribution >= 0.6 is 0 Å². The molecule has 2 fully saturated rings. The summed E-state index contributed by atoms with van der Waals surface area (Å²) in [6.07, 6.45) is 3.07. The van der Waals surface area contributed by atoms with E-state index in [9.17, 15) is 9.59 Å². The number of amides is 1. The lowest BCUT2D eigenvalue weighted by molar-refractivity contribution is -0.132. The van der Waals surface area contributed by atoms with E-state index in [1.807, 2.05) is 4.90 Å². The lowest BCUT2D eigenvalue weighted by Crippen LogP contribution is -2.45. The Balaban J connectivity index is 1.57. The molecule has 0 bridgehead atoms. The fourth-order valence-electron chi connectivity index (χ4n) is 3.45. The van der Waals surface area contributed by atoms with Gasteiger partial charge in [0.25, 0.3) is 0 Å². The SMILES string of the molecule is COc1ccc2c(c1)C(=O)CC1(CCN(C(=O)C3CC3)C1)O2. The zero-order chi connectivity index (χ0) is 15.3. The molecule has 0 radical (unpaired) electrons. The van der Waals surface area contributed by atoms with Gasteiger partial charge in [-0.25, -0.2) is 0 Å². The van der Waals surface area contributed by atoms with Crippen LogP contribution in [0.4, 0.5) is 0 Å². The average molecular weight is 301 g/mol. The molecule has 1 aromatic rings. The Hall–Kier alpha value is -2.04. The molecule has 116 valence electrons. The van der Waals surface area contributed by atoms with Crippen molar-refractivity contribution >= 4 is 11.7 Å². The van der Waals surface area contributed by atoms with E-state index in [0.717, 1.165) is 19.3 Å². The fourth-order valence-corrected chi connectivity index (χ4v) is 3.45. The van der Waals surface area contributed by atoms with Crippen LogP contribution < -0.4 is 9.47 Å². The van der Waals surface area contributed by atoms with Crippen molar-refractivity contribution in [1.82, 2.24) is 4.90 Å². The highest BCUT2D eigenvalue weighted by Gasteiger charge is 2.48. The number of ketones is 1. The zero-order valence-electron chi connectivity index (χ0n) is 12.6. The van der Waals surface area contributed by atoms with Crippen LogP contribution in [0.2, 0.25) is 0 Å². The molecule has 5 heteroatoms. The first kappa shape index (κ1) is 13.6. The van der Waals surface area contributed by atoms with E-state index < -0.39 is 5.60 Å². The predicted molar refractivity (Wildman–Crippen MR) is 79.2 cm³/mol. The second kappa shape index (κ2) is 4.73. The maximum Gasteiger partial charge on any atom is 0.225 e. The Morgan fingerprint density at radius 2 is 2.23 bits per heavy atom. The highest BCUT2D eigenvalue weighted by atomic mass is 16.5. The lowest BCUT2D eigenvalue weighted by atomic mass is 9.89. The Bertz CT molecular complexity index is 652. The number of hydrogen-bond acceptors (Lipinski definition) is 4. The molecule has 2 aliphatic heterocycles. The molecule has 4 rings (SSSR count). The minimum absolute atomic E-state index is 0.0703. The van der Waals surface area contributed by atoms with Crippen LogP contribution in [-0.4, -0.2) is 42.4 Å². The summed E-state index contributed by atoms with van der Waals surface area (Å²) in [4.78, 5) is 26.6. The summed E-state index contributed by atoms with van der Waals surface area (Å²) in [6.45, 7) is 1.22. The fraction of sp³-hybridized carbons (Fsp3) is 0.529. The van der Waals surface area contributed by atoms with E-state index in [-0.39, 0.29) is 17.6 Å². The van der Waals surface area contributed by atoms with E-state index >= 15 is 0 Å². The van der Waals surface area contributed by atoms with Gasteiger partial charge in [0, 0.05) is 18.9 Å². The Morgan fingerprint density at radius 3 is 2.95 bits per heavy atom. The molecule has 0 N–H and O–H groups in total. The molecule has 1 unspecified atom stereocenters. The van der Waals surface area contributed by atoms with E-state index in [1.54, 1.807) is 25.3 Å². The zero-order valence-corrected chi connectivity index (χ0v) is 12.6. The van der Waals surface area contributed by atoms with Gasteiger partial charge in [0.1, 0.15) is 17.1 Å². The van der Waals surface area contributed by atoms with Crippen molar-refractivity contribution in [3.05, 3.63) is 23.8 Å². The number of rotatable bonds is 2. The van der Waals surface area contributed by atoms with Crippen LogP contribution in [0.25, 0.3) is 0 Å². The maximum absolute atomic E-state index is 12.5. The average Bonchev–Trinajstić information content (AvgIpc) is 3.29. The van der Waals surface area contributed by atoms with E-state index in [2.05, 4.69) is 0 Å². The first-order valence-electron chi connectivity index (χ1n) is 7.79. The normalized spacial score (nSPS) is 26.8. The molecule has 2 heterocycles. The number of benzene rings is 1. The molecule has 0 aromatic heterocycles. The van der Waals surface area contributed by atoms with Gasteiger partial charge in [-0.2, -0.15) is 0 Å². The molecule has 1 atom stereocenters.